The number of esters is 1. The fourth-order valence-corrected chi connectivity index (χ4v) is 2.53. The lowest BCUT2D eigenvalue weighted by Gasteiger charge is -2.29. The van der Waals surface area contributed by atoms with E-state index in [9.17, 15) is 9.59 Å². The first-order valence-electron chi connectivity index (χ1n) is 8.75. The lowest BCUT2D eigenvalue weighted by atomic mass is 10.2. The molecule has 0 heterocycles. The number of amides is 1. The molecule has 0 aliphatic carbocycles. The van der Waals surface area contributed by atoms with Gasteiger partial charge in [-0.2, -0.15) is 0 Å². The zero-order chi connectivity index (χ0) is 19.9. The number of rotatable bonds is 6. The molecule has 2 aromatic rings. The van der Waals surface area contributed by atoms with Crippen molar-refractivity contribution in [3.05, 3.63) is 60.7 Å². The summed E-state index contributed by atoms with van der Waals surface area (Å²) in [5.74, 6) is -0.544. The Hall–Kier alpha value is -3.02. The lowest BCUT2D eigenvalue weighted by Crippen LogP contribution is -2.49. The van der Waals surface area contributed by atoms with E-state index >= 15 is 0 Å². The number of benzene rings is 2. The molecule has 6 nitrogen and oxygen atoms in total. The molecule has 0 saturated carbocycles. The van der Waals surface area contributed by atoms with Crippen LogP contribution in [0.1, 0.15) is 20.8 Å². The van der Waals surface area contributed by atoms with Gasteiger partial charge in [0.25, 0.3) is 0 Å². The van der Waals surface area contributed by atoms with Gasteiger partial charge in [-0.15, -0.1) is 0 Å². The normalized spacial score (nSPS) is 12.0. The number of ether oxygens (including phenoxy) is 2. The van der Waals surface area contributed by atoms with Crippen molar-refractivity contribution in [1.82, 2.24) is 5.32 Å². The van der Waals surface area contributed by atoms with Crippen molar-refractivity contribution in [2.24, 2.45) is 0 Å². The Bertz CT molecular complexity index is 702. The molecule has 144 valence electrons. The number of hydrogen-bond donors (Lipinski definition) is 1. The topological polar surface area (TPSA) is 67.9 Å². The minimum atomic E-state index is -0.898. The third-order valence-electron chi connectivity index (χ3n) is 3.68. The van der Waals surface area contributed by atoms with Crippen LogP contribution in [0.3, 0.4) is 0 Å². The van der Waals surface area contributed by atoms with E-state index < -0.39 is 23.7 Å². The second kappa shape index (κ2) is 9.07. The number of carbonyl (C=O) groups is 2. The number of para-hydroxylation sites is 2. The molecule has 1 amide bonds. The quantitative estimate of drug-likeness (QED) is 0.782. The summed E-state index contributed by atoms with van der Waals surface area (Å²) in [4.78, 5) is 26.4. The van der Waals surface area contributed by atoms with Crippen molar-refractivity contribution in [2.45, 2.75) is 32.4 Å². The van der Waals surface area contributed by atoms with E-state index in [2.05, 4.69) is 5.32 Å². The van der Waals surface area contributed by atoms with E-state index in [0.717, 1.165) is 11.4 Å². The van der Waals surface area contributed by atoms with Crippen LogP contribution >= 0.6 is 0 Å². The van der Waals surface area contributed by atoms with Crippen LogP contribution in [0.2, 0.25) is 0 Å². The highest BCUT2D eigenvalue weighted by Gasteiger charge is 2.27. The van der Waals surface area contributed by atoms with Gasteiger partial charge in [0.05, 0.1) is 13.7 Å². The predicted molar refractivity (Wildman–Crippen MR) is 105 cm³/mol. The number of nitrogens with one attached hydrogen (secondary N) is 1. The minimum absolute atomic E-state index is 0.194. The smallest absolute Gasteiger partial charge is 0.408 e. The fourth-order valence-electron chi connectivity index (χ4n) is 2.53. The van der Waals surface area contributed by atoms with E-state index in [0.29, 0.717) is 0 Å². The summed E-state index contributed by atoms with van der Waals surface area (Å²) in [5, 5.41) is 2.62. The Morgan fingerprint density at radius 1 is 0.963 bits per heavy atom. The lowest BCUT2D eigenvalue weighted by molar-refractivity contribution is -0.142. The van der Waals surface area contributed by atoms with Crippen molar-refractivity contribution < 1.29 is 19.1 Å². The number of hydrogen-bond acceptors (Lipinski definition) is 5. The molecule has 2 aromatic carbocycles. The van der Waals surface area contributed by atoms with Crippen LogP contribution in [-0.2, 0) is 14.3 Å². The number of methoxy groups -OCH3 is 1. The first kappa shape index (κ1) is 20.3. The fraction of sp³-hybridized carbons (Fsp3) is 0.333. The molecule has 1 atom stereocenters. The molecule has 2 rings (SSSR count). The molecule has 1 N–H and O–H groups in total. The van der Waals surface area contributed by atoms with Gasteiger partial charge in [0, 0.05) is 11.4 Å². The highest BCUT2D eigenvalue weighted by atomic mass is 16.6. The van der Waals surface area contributed by atoms with Crippen LogP contribution in [0, 0.1) is 0 Å². The van der Waals surface area contributed by atoms with Gasteiger partial charge in [0.2, 0.25) is 0 Å². The molecule has 0 aromatic heterocycles. The number of anilines is 2. The largest absolute Gasteiger partial charge is 0.467 e. The second-order valence-electron chi connectivity index (χ2n) is 7.00. The predicted octanol–water partition coefficient (Wildman–Crippen LogP) is 3.89. The van der Waals surface area contributed by atoms with Gasteiger partial charge in [0.1, 0.15) is 11.6 Å². The van der Waals surface area contributed by atoms with Crippen LogP contribution < -0.4 is 10.2 Å². The summed E-state index contributed by atoms with van der Waals surface area (Å²) >= 11 is 0. The van der Waals surface area contributed by atoms with Crippen molar-refractivity contribution in [3.63, 3.8) is 0 Å². The average Bonchev–Trinajstić information content (AvgIpc) is 2.64. The van der Waals surface area contributed by atoms with Crippen LogP contribution in [0.15, 0.2) is 60.7 Å². The molecular weight excluding hydrogens is 344 g/mol. The van der Waals surface area contributed by atoms with E-state index in [1.807, 2.05) is 65.6 Å². The zero-order valence-electron chi connectivity index (χ0n) is 16.1. The molecule has 0 radical (unpaired) electrons. The summed E-state index contributed by atoms with van der Waals surface area (Å²) in [7, 11) is 1.29. The Labute approximate surface area is 160 Å². The van der Waals surface area contributed by atoms with E-state index in [1.165, 1.54) is 7.11 Å². The maximum absolute atomic E-state index is 12.3. The Kier molecular flexibility index (Phi) is 6.82. The van der Waals surface area contributed by atoms with Gasteiger partial charge in [-0.05, 0) is 45.0 Å². The molecule has 27 heavy (non-hydrogen) atoms. The first-order chi connectivity index (χ1) is 12.8. The van der Waals surface area contributed by atoms with Crippen LogP contribution in [0.25, 0.3) is 0 Å². The summed E-state index contributed by atoms with van der Waals surface area (Å²) < 4.78 is 10.2. The highest BCUT2D eigenvalue weighted by molar-refractivity contribution is 5.82. The third-order valence-corrected chi connectivity index (χ3v) is 3.68. The molecule has 0 aliphatic rings. The zero-order valence-corrected chi connectivity index (χ0v) is 16.1. The molecular formula is C21H26N2O4. The van der Waals surface area contributed by atoms with Crippen LogP contribution in [0.4, 0.5) is 16.2 Å². The molecule has 6 heteroatoms. The summed E-state index contributed by atoms with van der Waals surface area (Å²) in [6.07, 6.45) is -0.668. The van der Waals surface area contributed by atoms with E-state index in [4.69, 9.17) is 9.47 Å². The molecule has 0 fully saturated rings. The average molecular weight is 370 g/mol. The molecule has 0 aliphatic heterocycles. The maximum Gasteiger partial charge on any atom is 0.408 e. The second-order valence-corrected chi connectivity index (χ2v) is 7.00. The molecule has 0 spiro atoms. The summed E-state index contributed by atoms with van der Waals surface area (Å²) in [6, 6.07) is 18.4. The minimum Gasteiger partial charge on any atom is -0.467 e. The monoisotopic (exact) mass is 370 g/mol. The van der Waals surface area contributed by atoms with Crippen LogP contribution in [0.5, 0.6) is 0 Å². The van der Waals surface area contributed by atoms with E-state index in [1.54, 1.807) is 20.8 Å². The Morgan fingerprint density at radius 2 is 1.44 bits per heavy atom. The van der Waals surface area contributed by atoms with Crippen molar-refractivity contribution in [1.29, 1.82) is 0 Å². The van der Waals surface area contributed by atoms with Gasteiger partial charge in [-0.25, -0.2) is 9.59 Å². The maximum atomic E-state index is 12.3. The van der Waals surface area contributed by atoms with Crippen LogP contribution in [-0.4, -0.2) is 37.4 Å². The van der Waals surface area contributed by atoms with Gasteiger partial charge in [-0.1, -0.05) is 36.4 Å². The van der Waals surface area contributed by atoms with Gasteiger partial charge >= 0.3 is 12.1 Å². The highest BCUT2D eigenvalue weighted by Crippen LogP contribution is 2.25. The van der Waals surface area contributed by atoms with Crippen molar-refractivity contribution in [2.75, 3.05) is 18.6 Å². The third kappa shape index (κ3) is 6.33. The number of nitrogens with zero attached hydrogens (tertiary/aromatic N) is 1. The summed E-state index contributed by atoms with van der Waals surface area (Å²) in [5.41, 5.74) is 1.12. The standard InChI is InChI=1S/C21H26N2O4/c1-21(2,3)27-20(25)22-18(19(24)26-4)15-23(16-11-7-5-8-12-16)17-13-9-6-10-14-17/h5-14,18H,15H2,1-4H3,(H,22,25)/t18-/m0/s1. The first-order valence-corrected chi connectivity index (χ1v) is 8.75. The molecule has 0 saturated heterocycles. The number of alkyl carbamates (subject to hydrolysis) is 1. The van der Waals surface area contributed by atoms with Crippen molar-refractivity contribution in [3.8, 4) is 0 Å². The van der Waals surface area contributed by atoms with Gasteiger partial charge in [-0.3, -0.25) is 0 Å². The Balaban J connectivity index is 2.27. The van der Waals surface area contributed by atoms with Gasteiger partial charge < -0.3 is 19.7 Å². The molecule has 0 bridgehead atoms. The Morgan fingerprint density at radius 3 is 1.85 bits per heavy atom. The number of carbonyl (C=O) groups excluding carboxylic acids is 2. The molecule has 0 unspecified atom stereocenters. The SMILES string of the molecule is COC(=O)[C@H](CN(c1ccccc1)c1ccccc1)NC(=O)OC(C)(C)C. The van der Waals surface area contributed by atoms with Gasteiger partial charge in [0.15, 0.2) is 0 Å². The summed E-state index contributed by atoms with van der Waals surface area (Å²) in [6.45, 7) is 5.49. The van der Waals surface area contributed by atoms with Crippen molar-refractivity contribution >= 4 is 23.4 Å². The van der Waals surface area contributed by atoms with E-state index in [-0.39, 0.29) is 6.54 Å².